The van der Waals surface area contributed by atoms with Crippen LogP contribution < -0.4 is 0 Å². The second-order valence-corrected chi connectivity index (χ2v) is 4.86. The molecule has 5 nitrogen and oxygen atoms in total. The summed E-state index contributed by atoms with van der Waals surface area (Å²) < 4.78 is 1.69. The van der Waals surface area contributed by atoms with E-state index in [1.807, 2.05) is 42.3 Å². The van der Waals surface area contributed by atoms with Gasteiger partial charge in [-0.05, 0) is 25.1 Å². The van der Waals surface area contributed by atoms with Crippen LogP contribution in [0.4, 0.5) is 0 Å². The number of likely N-dealkylation sites (tertiary alicyclic amines) is 1. The second-order valence-electron chi connectivity index (χ2n) is 4.86. The van der Waals surface area contributed by atoms with Gasteiger partial charge in [-0.25, -0.2) is 0 Å². The van der Waals surface area contributed by atoms with Gasteiger partial charge in [-0.15, -0.1) is 0 Å². The molecule has 0 saturated carbocycles. The number of amides is 1. The van der Waals surface area contributed by atoms with Crippen molar-refractivity contribution in [1.29, 1.82) is 0 Å². The maximum absolute atomic E-state index is 12.2. The summed E-state index contributed by atoms with van der Waals surface area (Å²) in [6.07, 6.45) is 5.31. The molecular formula is C14H16N4O. The highest BCUT2D eigenvalue weighted by molar-refractivity contribution is 5.81. The number of rotatable bonds is 3. The first kappa shape index (κ1) is 11.9. The zero-order chi connectivity index (χ0) is 13.2. The van der Waals surface area contributed by atoms with Crippen LogP contribution in [-0.2, 0) is 4.79 Å². The van der Waals surface area contributed by atoms with Crippen molar-refractivity contribution in [2.75, 3.05) is 13.1 Å². The fraction of sp³-hybridized carbons (Fsp3) is 0.357. The molecule has 0 bridgehead atoms. The van der Waals surface area contributed by atoms with E-state index in [-0.39, 0.29) is 11.9 Å². The molecule has 0 aliphatic carbocycles. The molecule has 0 aromatic carbocycles. The Balaban J connectivity index is 1.60. The number of nitrogens with zero attached hydrogens (tertiary/aromatic N) is 4. The van der Waals surface area contributed by atoms with Gasteiger partial charge in [0.15, 0.2) is 0 Å². The van der Waals surface area contributed by atoms with Gasteiger partial charge in [-0.1, -0.05) is 6.07 Å². The smallest absolute Gasteiger partial charge is 0.247 e. The lowest BCUT2D eigenvalue weighted by Crippen LogP contribution is -2.50. The monoisotopic (exact) mass is 256 g/mol. The van der Waals surface area contributed by atoms with E-state index in [0.29, 0.717) is 5.92 Å². The normalized spacial score (nSPS) is 17.0. The van der Waals surface area contributed by atoms with Crippen molar-refractivity contribution >= 4 is 5.91 Å². The van der Waals surface area contributed by atoms with Crippen LogP contribution in [0.25, 0.3) is 0 Å². The number of aromatic nitrogens is 3. The maximum atomic E-state index is 12.2. The maximum Gasteiger partial charge on any atom is 0.247 e. The molecule has 1 amide bonds. The lowest BCUT2D eigenvalue weighted by molar-refractivity contribution is -0.139. The first-order valence-corrected chi connectivity index (χ1v) is 6.44. The van der Waals surface area contributed by atoms with Crippen LogP contribution in [0.2, 0.25) is 0 Å². The highest BCUT2D eigenvalue weighted by Gasteiger charge is 2.34. The van der Waals surface area contributed by atoms with Gasteiger partial charge in [-0.2, -0.15) is 5.10 Å². The number of hydrogen-bond donors (Lipinski definition) is 0. The Labute approximate surface area is 111 Å². The van der Waals surface area contributed by atoms with Crippen molar-refractivity contribution in [3.05, 3.63) is 48.5 Å². The Morgan fingerprint density at radius 2 is 2.16 bits per heavy atom. The Morgan fingerprint density at radius 3 is 2.79 bits per heavy atom. The summed E-state index contributed by atoms with van der Waals surface area (Å²) in [5, 5.41) is 4.11. The number of carbonyl (C=O) groups is 1. The van der Waals surface area contributed by atoms with Crippen molar-refractivity contribution in [2.24, 2.45) is 0 Å². The van der Waals surface area contributed by atoms with E-state index in [0.717, 1.165) is 18.8 Å². The van der Waals surface area contributed by atoms with Crippen LogP contribution in [0.1, 0.15) is 24.6 Å². The summed E-state index contributed by atoms with van der Waals surface area (Å²) in [4.78, 5) is 18.4. The minimum absolute atomic E-state index is 0.121. The molecule has 3 rings (SSSR count). The minimum Gasteiger partial charge on any atom is -0.339 e. The fourth-order valence-corrected chi connectivity index (χ4v) is 2.35. The summed E-state index contributed by atoms with van der Waals surface area (Å²) in [5.41, 5.74) is 1.07. The van der Waals surface area contributed by atoms with Gasteiger partial charge in [-0.3, -0.25) is 14.5 Å². The van der Waals surface area contributed by atoms with Crippen molar-refractivity contribution < 1.29 is 4.79 Å². The molecule has 0 unspecified atom stereocenters. The van der Waals surface area contributed by atoms with Gasteiger partial charge < -0.3 is 4.90 Å². The average Bonchev–Trinajstić information content (AvgIpc) is 2.91. The molecule has 98 valence electrons. The molecule has 2 aromatic heterocycles. The van der Waals surface area contributed by atoms with Crippen molar-refractivity contribution in [3.63, 3.8) is 0 Å². The zero-order valence-electron chi connectivity index (χ0n) is 10.8. The van der Waals surface area contributed by atoms with Crippen LogP contribution in [-0.4, -0.2) is 38.7 Å². The van der Waals surface area contributed by atoms with E-state index in [2.05, 4.69) is 10.1 Å². The lowest BCUT2D eigenvalue weighted by atomic mass is 9.95. The van der Waals surface area contributed by atoms with E-state index in [9.17, 15) is 4.79 Å². The molecule has 2 aromatic rings. The second kappa shape index (κ2) is 4.84. The SMILES string of the molecule is C[C@H](C(=O)N1CC(c2ccccn2)C1)n1cccn1. The van der Waals surface area contributed by atoms with Crippen LogP contribution in [0.5, 0.6) is 0 Å². The molecule has 3 heterocycles. The largest absolute Gasteiger partial charge is 0.339 e. The molecular weight excluding hydrogens is 240 g/mol. The number of pyridine rings is 1. The molecule has 5 heteroatoms. The number of hydrogen-bond acceptors (Lipinski definition) is 3. The van der Waals surface area contributed by atoms with Crippen LogP contribution in [0.15, 0.2) is 42.9 Å². The first-order chi connectivity index (χ1) is 9.25. The quantitative estimate of drug-likeness (QED) is 0.835. The van der Waals surface area contributed by atoms with Crippen LogP contribution >= 0.6 is 0 Å². The molecule has 1 aliphatic heterocycles. The van der Waals surface area contributed by atoms with Gasteiger partial charge in [0.25, 0.3) is 0 Å². The van der Waals surface area contributed by atoms with E-state index in [4.69, 9.17) is 0 Å². The Hall–Kier alpha value is -2.17. The fourth-order valence-electron chi connectivity index (χ4n) is 2.35. The minimum atomic E-state index is -0.236. The standard InChI is InChI=1S/C14H16N4O/c1-11(18-8-4-7-16-18)14(19)17-9-12(10-17)13-5-2-3-6-15-13/h2-8,11-12H,9-10H2,1H3/t11-/m1/s1. The molecule has 19 heavy (non-hydrogen) atoms. The summed E-state index contributed by atoms with van der Waals surface area (Å²) in [7, 11) is 0. The predicted octanol–water partition coefficient (Wildman–Crippen LogP) is 1.47. The van der Waals surface area contributed by atoms with Gasteiger partial charge in [0.05, 0.1) is 0 Å². The third-order valence-corrected chi connectivity index (χ3v) is 3.58. The Bertz CT molecular complexity index is 546. The Kier molecular flexibility index (Phi) is 3.03. The molecule has 0 N–H and O–H groups in total. The third-order valence-electron chi connectivity index (χ3n) is 3.58. The zero-order valence-corrected chi connectivity index (χ0v) is 10.8. The van der Waals surface area contributed by atoms with E-state index < -0.39 is 0 Å². The summed E-state index contributed by atoms with van der Waals surface area (Å²) in [6.45, 7) is 3.38. The van der Waals surface area contributed by atoms with Gasteiger partial charge in [0.1, 0.15) is 6.04 Å². The Morgan fingerprint density at radius 1 is 1.32 bits per heavy atom. The third kappa shape index (κ3) is 2.23. The molecule has 0 radical (unpaired) electrons. The van der Waals surface area contributed by atoms with Gasteiger partial charge >= 0.3 is 0 Å². The van der Waals surface area contributed by atoms with E-state index >= 15 is 0 Å². The molecule has 1 aliphatic rings. The summed E-state index contributed by atoms with van der Waals surface area (Å²) in [5.74, 6) is 0.492. The predicted molar refractivity (Wildman–Crippen MR) is 70.5 cm³/mol. The summed E-state index contributed by atoms with van der Waals surface area (Å²) in [6, 6.07) is 7.50. The lowest BCUT2D eigenvalue weighted by Gasteiger charge is -2.40. The van der Waals surface area contributed by atoms with Crippen LogP contribution in [0.3, 0.4) is 0 Å². The highest BCUT2D eigenvalue weighted by atomic mass is 16.2. The molecule has 1 fully saturated rings. The highest BCUT2D eigenvalue weighted by Crippen LogP contribution is 2.27. The molecule has 1 saturated heterocycles. The van der Waals surface area contributed by atoms with Crippen molar-refractivity contribution in [1.82, 2.24) is 19.7 Å². The summed E-state index contributed by atoms with van der Waals surface area (Å²) >= 11 is 0. The molecule has 0 spiro atoms. The van der Waals surface area contributed by atoms with E-state index in [1.165, 1.54) is 0 Å². The van der Waals surface area contributed by atoms with Gasteiger partial charge in [0, 0.05) is 43.3 Å². The van der Waals surface area contributed by atoms with Crippen molar-refractivity contribution in [3.8, 4) is 0 Å². The van der Waals surface area contributed by atoms with E-state index in [1.54, 1.807) is 17.1 Å². The van der Waals surface area contributed by atoms with Gasteiger partial charge in [0.2, 0.25) is 5.91 Å². The topological polar surface area (TPSA) is 51.0 Å². The average molecular weight is 256 g/mol. The van der Waals surface area contributed by atoms with Crippen molar-refractivity contribution in [2.45, 2.75) is 18.9 Å². The van der Waals surface area contributed by atoms with Crippen LogP contribution in [0, 0.1) is 0 Å². The number of carbonyl (C=O) groups excluding carboxylic acids is 1. The first-order valence-electron chi connectivity index (χ1n) is 6.44. The molecule has 1 atom stereocenters.